The first-order valence-corrected chi connectivity index (χ1v) is 7.70. The summed E-state index contributed by atoms with van der Waals surface area (Å²) in [6.45, 7) is 9.98. The maximum absolute atomic E-state index is 4.29. The summed E-state index contributed by atoms with van der Waals surface area (Å²) < 4.78 is 0. The third-order valence-electron chi connectivity index (χ3n) is 5.16. The Morgan fingerprint density at radius 3 is 3.00 bits per heavy atom. The minimum atomic E-state index is 0.507. The first-order valence-electron chi connectivity index (χ1n) is 7.70. The van der Waals surface area contributed by atoms with Crippen LogP contribution in [0.3, 0.4) is 0 Å². The van der Waals surface area contributed by atoms with Gasteiger partial charge in [0.05, 0.1) is 6.04 Å². The Morgan fingerprint density at radius 2 is 2.15 bits per heavy atom. The van der Waals surface area contributed by atoms with Gasteiger partial charge in [0.25, 0.3) is 0 Å². The molecule has 20 heavy (non-hydrogen) atoms. The van der Waals surface area contributed by atoms with E-state index in [0.29, 0.717) is 12.0 Å². The van der Waals surface area contributed by atoms with Crippen LogP contribution in [0.2, 0.25) is 0 Å². The lowest BCUT2D eigenvalue weighted by Crippen LogP contribution is -2.40. The number of rotatable bonds is 0. The molecule has 0 saturated carbocycles. The van der Waals surface area contributed by atoms with Gasteiger partial charge in [-0.2, -0.15) is 0 Å². The smallest absolute Gasteiger partial charge is 0.0717 e. The molecule has 1 aromatic heterocycles. The Labute approximate surface area is 120 Å². The number of hydrogen-bond donors (Lipinski definition) is 1. The van der Waals surface area contributed by atoms with Crippen LogP contribution in [0.15, 0.2) is 30.5 Å². The summed E-state index contributed by atoms with van der Waals surface area (Å²) in [6, 6.07) is 7.27. The topological polar surface area (TPSA) is 19.0 Å². The second kappa shape index (κ2) is 4.15. The van der Waals surface area contributed by atoms with Crippen molar-refractivity contribution in [2.75, 3.05) is 6.54 Å². The third kappa shape index (κ3) is 1.57. The molecule has 1 N–H and O–H groups in total. The zero-order valence-electron chi connectivity index (χ0n) is 12.4. The van der Waals surface area contributed by atoms with Crippen molar-refractivity contribution in [3.05, 3.63) is 47.3 Å². The lowest BCUT2D eigenvalue weighted by atomic mass is 9.82. The molecule has 2 unspecified atom stereocenters. The van der Waals surface area contributed by atoms with E-state index in [1.807, 2.05) is 0 Å². The molecule has 2 nitrogen and oxygen atoms in total. The van der Waals surface area contributed by atoms with Gasteiger partial charge in [0.2, 0.25) is 0 Å². The highest BCUT2D eigenvalue weighted by Crippen LogP contribution is 2.45. The van der Waals surface area contributed by atoms with Crippen molar-refractivity contribution < 1.29 is 0 Å². The second-order valence-electron chi connectivity index (χ2n) is 6.54. The molecule has 0 amide bonds. The Balaban J connectivity index is 1.91. The summed E-state index contributed by atoms with van der Waals surface area (Å²) in [7, 11) is 0. The van der Waals surface area contributed by atoms with E-state index >= 15 is 0 Å². The first kappa shape index (κ1) is 12.1. The van der Waals surface area contributed by atoms with E-state index in [0.717, 1.165) is 19.4 Å². The average Bonchev–Trinajstić information content (AvgIpc) is 2.80. The molecule has 0 bridgehead atoms. The molecule has 2 aliphatic rings. The van der Waals surface area contributed by atoms with Crippen LogP contribution < -0.4 is 0 Å². The van der Waals surface area contributed by atoms with Crippen LogP contribution >= 0.6 is 0 Å². The fourth-order valence-corrected chi connectivity index (χ4v) is 4.07. The molecule has 1 aromatic carbocycles. The van der Waals surface area contributed by atoms with Crippen molar-refractivity contribution in [1.82, 2.24) is 9.88 Å². The predicted octanol–water partition coefficient (Wildman–Crippen LogP) is 4.32. The summed E-state index contributed by atoms with van der Waals surface area (Å²) in [4.78, 5) is 6.25. The van der Waals surface area contributed by atoms with Crippen molar-refractivity contribution >= 4 is 10.9 Å². The molecular weight excluding hydrogens is 244 g/mol. The van der Waals surface area contributed by atoms with E-state index in [9.17, 15) is 0 Å². The fraction of sp³-hybridized carbons (Fsp3) is 0.444. The van der Waals surface area contributed by atoms with Crippen LogP contribution in [0.4, 0.5) is 0 Å². The minimum Gasteiger partial charge on any atom is -0.366 e. The van der Waals surface area contributed by atoms with Gasteiger partial charge in [0.15, 0.2) is 0 Å². The molecule has 1 fully saturated rings. The van der Waals surface area contributed by atoms with E-state index in [2.05, 4.69) is 48.5 Å². The van der Waals surface area contributed by atoms with Crippen LogP contribution in [0.5, 0.6) is 0 Å². The van der Waals surface area contributed by atoms with Gasteiger partial charge in [-0.1, -0.05) is 25.1 Å². The Kier molecular flexibility index (Phi) is 2.50. The Morgan fingerprint density at radius 1 is 1.30 bits per heavy atom. The lowest BCUT2D eigenvalue weighted by molar-refractivity contribution is 0.134. The summed E-state index contributed by atoms with van der Waals surface area (Å²) >= 11 is 0. The third-order valence-corrected chi connectivity index (χ3v) is 5.16. The quantitative estimate of drug-likeness (QED) is 0.752. The number of hydrogen-bond acceptors (Lipinski definition) is 1. The number of nitrogens with one attached hydrogen (secondary N) is 1. The first-order chi connectivity index (χ1) is 9.65. The number of allylic oxidation sites excluding steroid dienone is 1. The number of aromatic nitrogens is 1. The summed E-state index contributed by atoms with van der Waals surface area (Å²) in [5.74, 6) is 0.703. The zero-order chi connectivity index (χ0) is 13.9. The molecular formula is C18H22N2. The number of aryl methyl sites for hydroxylation is 1. The lowest BCUT2D eigenvalue weighted by Gasteiger charge is -2.45. The Hall–Kier alpha value is -1.70. The fourth-order valence-electron chi connectivity index (χ4n) is 4.07. The van der Waals surface area contributed by atoms with Crippen LogP contribution in [0.1, 0.15) is 42.6 Å². The zero-order valence-corrected chi connectivity index (χ0v) is 12.4. The van der Waals surface area contributed by atoms with Crippen molar-refractivity contribution in [1.29, 1.82) is 0 Å². The molecule has 2 atom stereocenters. The number of nitrogens with zero attached hydrogens (tertiary/aromatic N) is 1. The van der Waals surface area contributed by atoms with Gasteiger partial charge < -0.3 is 9.88 Å². The molecule has 2 heteroatoms. The molecule has 104 valence electrons. The van der Waals surface area contributed by atoms with Gasteiger partial charge in [-0.15, -0.1) is 0 Å². The largest absolute Gasteiger partial charge is 0.366 e. The van der Waals surface area contributed by atoms with E-state index in [1.165, 1.54) is 34.3 Å². The van der Waals surface area contributed by atoms with Crippen LogP contribution in [0.25, 0.3) is 10.9 Å². The van der Waals surface area contributed by atoms with Crippen molar-refractivity contribution in [2.24, 2.45) is 5.92 Å². The standard InChI is InChI=1S/C18H22N2/c1-11-4-7-16-15(10-11)14-8-9-20-13(3)6-5-12(2)18(20)17(14)19-16/h4,7,10,12,18-19H,3,5-6,8-9H2,1-2H3. The van der Waals surface area contributed by atoms with Crippen LogP contribution in [-0.4, -0.2) is 16.4 Å². The summed E-state index contributed by atoms with van der Waals surface area (Å²) in [6.07, 6.45) is 3.56. The normalized spacial score (nSPS) is 25.7. The average molecular weight is 266 g/mol. The molecule has 0 radical (unpaired) electrons. The van der Waals surface area contributed by atoms with Gasteiger partial charge in [0.1, 0.15) is 0 Å². The van der Waals surface area contributed by atoms with E-state index < -0.39 is 0 Å². The monoisotopic (exact) mass is 266 g/mol. The predicted molar refractivity (Wildman–Crippen MR) is 83.7 cm³/mol. The van der Waals surface area contributed by atoms with Crippen molar-refractivity contribution in [2.45, 2.75) is 39.2 Å². The van der Waals surface area contributed by atoms with Gasteiger partial charge in [-0.05, 0) is 49.8 Å². The number of H-pyrrole nitrogens is 1. The van der Waals surface area contributed by atoms with Crippen LogP contribution in [0, 0.1) is 12.8 Å². The van der Waals surface area contributed by atoms with E-state index in [1.54, 1.807) is 5.56 Å². The maximum atomic E-state index is 4.29. The molecule has 0 spiro atoms. The van der Waals surface area contributed by atoms with E-state index in [-0.39, 0.29) is 0 Å². The maximum Gasteiger partial charge on any atom is 0.0717 e. The Bertz CT molecular complexity index is 695. The van der Waals surface area contributed by atoms with Gasteiger partial charge in [-0.3, -0.25) is 0 Å². The molecule has 3 heterocycles. The number of fused-ring (bicyclic) bond motifs is 5. The SMILES string of the molecule is C=C1CCC(C)C2c3[nH]c4ccc(C)cc4c3CCN12. The molecule has 2 aliphatic heterocycles. The van der Waals surface area contributed by atoms with E-state index in [4.69, 9.17) is 0 Å². The highest BCUT2D eigenvalue weighted by molar-refractivity contribution is 5.85. The number of aromatic amines is 1. The molecule has 0 aliphatic carbocycles. The van der Waals surface area contributed by atoms with Crippen LogP contribution in [-0.2, 0) is 6.42 Å². The molecule has 2 aromatic rings. The summed E-state index contributed by atoms with van der Waals surface area (Å²) in [5, 5.41) is 1.43. The van der Waals surface area contributed by atoms with Gasteiger partial charge in [-0.25, -0.2) is 0 Å². The number of benzene rings is 1. The highest BCUT2D eigenvalue weighted by atomic mass is 15.2. The molecule has 4 rings (SSSR count). The minimum absolute atomic E-state index is 0.507. The second-order valence-corrected chi connectivity index (χ2v) is 6.54. The summed E-state index contributed by atoms with van der Waals surface area (Å²) in [5.41, 5.74) is 6.97. The van der Waals surface area contributed by atoms with Gasteiger partial charge in [0, 0.05) is 28.8 Å². The highest BCUT2D eigenvalue weighted by Gasteiger charge is 2.37. The van der Waals surface area contributed by atoms with Crippen molar-refractivity contribution in [3.63, 3.8) is 0 Å². The van der Waals surface area contributed by atoms with Gasteiger partial charge >= 0.3 is 0 Å². The molecule has 1 saturated heterocycles. The van der Waals surface area contributed by atoms with Crippen molar-refractivity contribution in [3.8, 4) is 0 Å². The number of piperidine rings is 1.